The maximum Gasteiger partial charge on any atom is 0.472 e. The largest absolute Gasteiger partial charge is 0.472 e. The van der Waals surface area contributed by atoms with Gasteiger partial charge in [-0.2, -0.15) is 0 Å². The minimum atomic E-state index is -4.40. The van der Waals surface area contributed by atoms with Crippen LogP contribution in [0.15, 0.2) is 72.9 Å². The lowest BCUT2D eigenvalue weighted by molar-refractivity contribution is -0.870. The second-order valence-electron chi connectivity index (χ2n) is 15.7. The lowest BCUT2D eigenvalue weighted by Gasteiger charge is -2.24. The smallest absolute Gasteiger partial charge is 0.462 e. The van der Waals surface area contributed by atoms with Crippen molar-refractivity contribution < 1.29 is 46.8 Å². The Hall–Kier alpha value is -2.59. The molecule has 0 aliphatic carbocycles. The number of epoxide rings is 1. The second-order valence-corrected chi connectivity index (χ2v) is 17.2. The van der Waals surface area contributed by atoms with Crippen LogP contribution >= 0.6 is 7.82 Å². The van der Waals surface area contributed by atoms with E-state index >= 15 is 0 Å². The van der Waals surface area contributed by atoms with Crippen molar-refractivity contribution in [2.45, 2.75) is 161 Å². The molecule has 11 heteroatoms. The topological polar surface area (TPSA) is 121 Å². The molecule has 1 heterocycles. The molecule has 0 bridgehead atoms. The highest BCUT2D eigenvalue weighted by Gasteiger charge is 2.36. The van der Waals surface area contributed by atoms with Crippen LogP contribution < -0.4 is 0 Å². The number of ether oxygens (including phenoxy) is 3. The zero-order valence-corrected chi connectivity index (χ0v) is 37.1. The van der Waals surface area contributed by atoms with Gasteiger partial charge in [-0.05, 0) is 83.5 Å². The van der Waals surface area contributed by atoms with Crippen LogP contribution in [0.2, 0.25) is 0 Å². The number of quaternary nitrogens is 1. The van der Waals surface area contributed by atoms with Gasteiger partial charge in [0.15, 0.2) is 6.10 Å². The molecule has 4 atom stereocenters. The first-order valence-electron chi connectivity index (χ1n) is 21.8. The van der Waals surface area contributed by atoms with Gasteiger partial charge in [-0.25, -0.2) is 4.57 Å². The molecule has 0 saturated carbocycles. The molecule has 1 fully saturated rings. The van der Waals surface area contributed by atoms with E-state index < -0.39 is 32.5 Å². The van der Waals surface area contributed by atoms with E-state index in [9.17, 15) is 19.0 Å². The highest BCUT2D eigenvalue weighted by Crippen LogP contribution is 2.43. The summed E-state index contributed by atoms with van der Waals surface area (Å²) in [5.41, 5.74) is 0. The van der Waals surface area contributed by atoms with Gasteiger partial charge in [-0.15, -0.1) is 0 Å². The normalized spacial score (nSPS) is 17.9. The van der Waals surface area contributed by atoms with Crippen molar-refractivity contribution in [1.29, 1.82) is 0 Å². The summed E-state index contributed by atoms with van der Waals surface area (Å²) in [6, 6.07) is 0. The molecule has 0 aromatic heterocycles. The number of carbonyl (C=O) groups excluding carboxylic acids is 2. The van der Waals surface area contributed by atoms with E-state index in [2.05, 4.69) is 86.8 Å². The first-order chi connectivity index (χ1) is 27.5. The molecule has 0 spiro atoms. The molecular weight excluding hydrogens is 741 g/mol. The van der Waals surface area contributed by atoms with Gasteiger partial charge in [0.05, 0.1) is 40.0 Å². The molecular formula is C46H79NO9P+. The Bertz CT molecular complexity index is 1270. The fraction of sp³-hybridized carbons (Fsp3) is 0.696. The van der Waals surface area contributed by atoms with Gasteiger partial charge in [0.25, 0.3) is 0 Å². The summed E-state index contributed by atoms with van der Waals surface area (Å²) in [7, 11) is 1.41. The highest BCUT2D eigenvalue weighted by molar-refractivity contribution is 7.47. The number of allylic oxidation sites excluding steroid dienone is 10. The Morgan fingerprint density at radius 3 is 1.82 bits per heavy atom. The number of nitrogens with zero attached hydrogens (tertiary/aromatic N) is 1. The third-order valence-electron chi connectivity index (χ3n) is 9.12. The van der Waals surface area contributed by atoms with Crippen LogP contribution in [0.4, 0.5) is 0 Å². The van der Waals surface area contributed by atoms with E-state index in [0.29, 0.717) is 30.3 Å². The third-order valence-corrected chi connectivity index (χ3v) is 10.1. The fourth-order valence-electron chi connectivity index (χ4n) is 5.59. The van der Waals surface area contributed by atoms with Crippen molar-refractivity contribution in [3.63, 3.8) is 0 Å². The first-order valence-corrected chi connectivity index (χ1v) is 23.3. The van der Waals surface area contributed by atoms with Crippen molar-refractivity contribution in [3.8, 4) is 0 Å². The van der Waals surface area contributed by atoms with E-state index in [1.807, 2.05) is 21.1 Å². The van der Waals surface area contributed by atoms with Crippen LogP contribution in [-0.2, 0) is 37.4 Å². The summed E-state index contributed by atoms with van der Waals surface area (Å²) >= 11 is 0. The number of likely N-dealkylation sites (N-methyl/N-ethyl adjacent to an activating group) is 1. The molecule has 3 unspecified atom stereocenters. The number of phosphoric acid groups is 1. The zero-order valence-electron chi connectivity index (χ0n) is 36.2. The molecule has 0 aromatic carbocycles. The van der Waals surface area contributed by atoms with Crippen LogP contribution in [0.3, 0.4) is 0 Å². The number of rotatable bonds is 37. The summed E-state index contributed by atoms with van der Waals surface area (Å²) in [6.07, 6.45) is 44.1. The number of hydrogen-bond donors (Lipinski definition) is 1. The van der Waals surface area contributed by atoms with Gasteiger partial charge >= 0.3 is 19.8 Å². The summed E-state index contributed by atoms with van der Waals surface area (Å²) in [6.45, 7) is 4.16. The van der Waals surface area contributed by atoms with Crippen molar-refractivity contribution in [3.05, 3.63) is 72.9 Å². The molecule has 0 radical (unpaired) electrons. The number of esters is 2. The quantitative estimate of drug-likeness (QED) is 0.0163. The Morgan fingerprint density at radius 2 is 1.18 bits per heavy atom. The number of unbranched alkanes of at least 4 members (excludes halogenated alkanes) is 9. The average Bonchev–Trinajstić information content (AvgIpc) is 3.92. The molecule has 1 N–H and O–H groups in total. The summed E-state index contributed by atoms with van der Waals surface area (Å²) in [5.74, 6) is -0.900. The number of carbonyl (C=O) groups is 2. The number of hydrogen-bond acceptors (Lipinski definition) is 8. The Balaban J connectivity index is 2.36. The first kappa shape index (κ1) is 52.4. The average molecular weight is 821 g/mol. The molecule has 0 aromatic rings. The molecule has 1 aliphatic rings. The third kappa shape index (κ3) is 35.1. The van der Waals surface area contributed by atoms with Crippen molar-refractivity contribution >= 4 is 19.8 Å². The zero-order chi connectivity index (χ0) is 41.9. The molecule has 1 rings (SSSR count). The summed E-state index contributed by atoms with van der Waals surface area (Å²) in [4.78, 5) is 35.4. The van der Waals surface area contributed by atoms with Gasteiger partial charge in [0, 0.05) is 12.8 Å². The van der Waals surface area contributed by atoms with E-state index in [4.69, 9.17) is 23.3 Å². The minimum absolute atomic E-state index is 0.0116. The Labute approximate surface area is 346 Å². The predicted octanol–water partition coefficient (Wildman–Crippen LogP) is 11.2. The maximum atomic E-state index is 12.7. The highest BCUT2D eigenvalue weighted by atomic mass is 31.2. The van der Waals surface area contributed by atoms with Crippen LogP contribution in [-0.4, -0.2) is 87.1 Å². The minimum Gasteiger partial charge on any atom is -0.462 e. The van der Waals surface area contributed by atoms with Gasteiger partial charge in [-0.1, -0.05) is 119 Å². The van der Waals surface area contributed by atoms with Gasteiger partial charge in [-0.3, -0.25) is 18.6 Å². The van der Waals surface area contributed by atoms with Gasteiger partial charge in [0.2, 0.25) is 0 Å². The lowest BCUT2D eigenvalue weighted by atomic mass is 10.1. The number of phosphoric ester groups is 1. The standard InChI is InChI=1S/C46H78NO9P/c1-6-8-10-12-14-16-17-18-19-20-21-23-25-27-32-36-45(48)52-40-42(41-54-57(50,51)53-39-38-47(3,4)5)55-46(49)37-33-29-28-31-35-44-43(56-44)34-30-26-24-22-15-13-11-9-7-2/h8,10,14-16,18-19,22,26,28,30-31,42-44H,6-7,9,11-13,17,20-21,23-25,27,29,32-41H2,1-5H3/p+1/b10-8-,16-14-,19-18-,22-15-,30-26-,31-28-/t42-,43?,44?/m1/s1. The molecule has 57 heavy (non-hydrogen) atoms. The Morgan fingerprint density at radius 1 is 0.649 bits per heavy atom. The molecule has 326 valence electrons. The summed E-state index contributed by atoms with van der Waals surface area (Å²) < 4.78 is 40.0. The summed E-state index contributed by atoms with van der Waals surface area (Å²) in [5, 5.41) is 0. The SMILES string of the molecule is CC/C=C\C/C=C\C/C=C\CCCCCCCC(=O)OC[C@H](COP(=O)(O)OCC[N+](C)(C)C)OC(=O)CCC/C=C\CC1OC1C/C=C\C/C=C\CCCCC. The van der Waals surface area contributed by atoms with E-state index in [0.717, 1.165) is 77.0 Å². The van der Waals surface area contributed by atoms with E-state index in [1.54, 1.807) is 0 Å². The monoisotopic (exact) mass is 821 g/mol. The molecule has 1 saturated heterocycles. The molecule has 0 amide bonds. The second kappa shape index (κ2) is 34.3. The van der Waals surface area contributed by atoms with Crippen LogP contribution in [0.1, 0.15) is 142 Å². The van der Waals surface area contributed by atoms with Gasteiger partial charge < -0.3 is 23.6 Å². The van der Waals surface area contributed by atoms with Crippen molar-refractivity contribution in [2.75, 3.05) is 47.5 Å². The fourth-order valence-corrected chi connectivity index (χ4v) is 6.33. The van der Waals surface area contributed by atoms with E-state index in [-0.39, 0.29) is 38.3 Å². The lowest BCUT2D eigenvalue weighted by Crippen LogP contribution is -2.37. The van der Waals surface area contributed by atoms with Gasteiger partial charge in [0.1, 0.15) is 19.8 Å². The molecule has 1 aliphatic heterocycles. The van der Waals surface area contributed by atoms with Crippen LogP contribution in [0, 0.1) is 0 Å². The molecule has 10 nitrogen and oxygen atoms in total. The van der Waals surface area contributed by atoms with Crippen molar-refractivity contribution in [1.82, 2.24) is 0 Å². The Kier molecular flexibility index (Phi) is 31.5. The predicted molar refractivity (Wildman–Crippen MR) is 233 cm³/mol. The van der Waals surface area contributed by atoms with Crippen LogP contribution in [0.25, 0.3) is 0 Å². The van der Waals surface area contributed by atoms with Crippen molar-refractivity contribution in [2.24, 2.45) is 0 Å². The maximum absolute atomic E-state index is 12.7. The van der Waals surface area contributed by atoms with Crippen LogP contribution in [0.5, 0.6) is 0 Å². The van der Waals surface area contributed by atoms with E-state index in [1.165, 1.54) is 19.3 Å².